The van der Waals surface area contributed by atoms with E-state index in [1.54, 1.807) is 6.92 Å². The molecule has 3 atom stereocenters. The lowest BCUT2D eigenvalue weighted by Crippen LogP contribution is -2.46. The summed E-state index contributed by atoms with van der Waals surface area (Å²) in [6, 6.07) is 0. The summed E-state index contributed by atoms with van der Waals surface area (Å²) in [7, 11) is -0.147. The van der Waals surface area contributed by atoms with Gasteiger partial charge in [-0.1, -0.05) is 0 Å². The van der Waals surface area contributed by atoms with Gasteiger partial charge in [0.2, 0.25) is 10.0 Å². The molecule has 0 aromatic carbocycles. The average Bonchev–Trinajstić information content (AvgIpc) is 2.01. The van der Waals surface area contributed by atoms with E-state index in [-0.39, 0.29) is 5.92 Å². The van der Waals surface area contributed by atoms with Crippen LogP contribution in [0.15, 0.2) is 0 Å². The highest BCUT2D eigenvalue weighted by Crippen LogP contribution is 2.33. The number of hydrogen-bond acceptors (Lipinski definition) is 3. The molecule has 78 valence electrons. The molecule has 0 aromatic heterocycles. The minimum absolute atomic E-state index is 0.0765. The molecule has 13 heavy (non-hydrogen) atoms. The van der Waals surface area contributed by atoms with Crippen LogP contribution in [0.5, 0.6) is 0 Å². The summed E-state index contributed by atoms with van der Waals surface area (Å²) in [6.45, 7) is 1.67. The quantitative estimate of drug-likeness (QED) is 0.710. The van der Waals surface area contributed by atoms with Gasteiger partial charge in [0.15, 0.2) is 0 Å². The second kappa shape index (κ2) is 3.55. The van der Waals surface area contributed by atoms with Crippen LogP contribution < -0.4 is 0 Å². The number of aliphatic hydroxyl groups is 1. The maximum Gasteiger partial charge on any atom is 0.216 e. The molecule has 0 amide bonds. The molecule has 0 heterocycles. The van der Waals surface area contributed by atoms with Crippen LogP contribution in [0, 0.1) is 5.92 Å². The molecule has 1 aliphatic rings. The first-order valence-electron chi connectivity index (χ1n) is 4.46. The predicted molar refractivity (Wildman–Crippen MR) is 50.8 cm³/mol. The van der Waals surface area contributed by atoms with Crippen LogP contribution >= 0.6 is 0 Å². The summed E-state index contributed by atoms with van der Waals surface area (Å²) < 4.78 is 24.5. The summed E-state index contributed by atoms with van der Waals surface area (Å²) >= 11 is 0. The predicted octanol–water partition coefficient (Wildman–Crippen LogP) is 0.0372. The summed E-state index contributed by atoms with van der Waals surface area (Å²) in [5.41, 5.74) is 0. The molecule has 5 heteroatoms. The average molecular weight is 207 g/mol. The monoisotopic (exact) mass is 207 g/mol. The topological polar surface area (TPSA) is 57.6 Å². The Morgan fingerprint density at radius 3 is 2.15 bits per heavy atom. The molecule has 4 nitrogen and oxygen atoms in total. The first kappa shape index (κ1) is 10.9. The Morgan fingerprint density at radius 2 is 1.92 bits per heavy atom. The van der Waals surface area contributed by atoms with E-state index in [9.17, 15) is 13.5 Å². The van der Waals surface area contributed by atoms with Crippen molar-refractivity contribution in [3.63, 3.8) is 0 Å². The highest BCUT2D eigenvalue weighted by Gasteiger charge is 2.40. The molecule has 1 saturated carbocycles. The number of aliphatic hydroxyl groups excluding tert-OH is 1. The molecule has 0 saturated heterocycles. The minimum atomic E-state index is -3.20. The van der Waals surface area contributed by atoms with E-state index in [4.69, 9.17) is 0 Å². The molecule has 0 bridgehead atoms. The number of hydrogen-bond donors (Lipinski definition) is 1. The molecule has 3 unspecified atom stereocenters. The first-order valence-corrected chi connectivity index (χ1v) is 5.97. The summed E-state index contributed by atoms with van der Waals surface area (Å²) in [4.78, 5) is 0. The largest absolute Gasteiger partial charge is 0.393 e. The summed E-state index contributed by atoms with van der Waals surface area (Å²) in [5, 5.41) is 8.87. The first-order chi connectivity index (χ1) is 5.87. The van der Waals surface area contributed by atoms with Crippen LogP contribution in [0.2, 0.25) is 0 Å². The zero-order valence-corrected chi connectivity index (χ0v) is 9.08. The number of rotatable bonds is 3. The van der Waals surface area contributed by atoms with E-state index in [1.165, 1.54) is 18.4 Å². The molecule has 0 aliphatic heterocycles. The maximum atomic E-state index is 11.6. The van der Waals surface area contributed by atoms with Crippen molar-refractivity contribution in [2.45, 2.75) is 31.1 Å². The number of sulfonamides is 1. The third-order valence-electron chi connectivity index (χ3n) is 2.87. The Bertz CT molecular complexity index is 273. The van der Waals surface area contributed by atoms with E-state index in [0.29, 0.717) is 0 Å². The van der Waals surface area contributed by atoms with Crippen molar-refractivity contribution < 1.29 is 13.5 Å². The zero-order valence-electron chi connectivity index (χ0n) is 8.27. The standard InChI is InChI=1S/C8H17NO3S/c1-6(7-4-5-8(7)10)13(11,12)9(2)3/h6-8,10H,4-5H2,1-3H3. The fraction of sp³-hybridized carbons (Fsp3) is 1.00. The Hall–Kier alpha value is -0.130. The molecule has 0 spiro atoms. The SMILES string of the molecule is CC(C1CCC1O)S(=O)(=O)N(C)C. The zero-order chi connectivity index (χ0) is 10.2. The third kappa shape index (κ3) is 1.87. The van der Waals surface area contributed by atoms with E-state index < -0.39 is 21.4 Å². The molecule has 1 aliphatic carbocycles. The van der Waals surface area contributed by atoms with Gasteiger partial charge < -0.3 is 5.11 Å². The van der Waals surface area contributed by atoms with Crippen molar-refractivity contribution in [1.82, 2.24) is 4.31 Å². The minimum Gasteiger partial charge on any atom is -0.393 e. The second-order valence-corrected chi connectivity index (χ2v) is 6.34. The van der Waals surface area contributed by atoms with Crippen molar-refractivity contribution in [2.24, 2.45) is 5.92 Å². The molecule has 0 radical (unpaired) electrons. The fourth-order valence-electron chi connectivity index (χ4n) is 1.61. The van der Waals surface area contributed by atoms with Gasteiger partial charge in [0, 0.05) is 20.0 Å². The van der Waals surface area contributed by atoms with E-state index >= 15 is 0 Å². The Labute approximate surface area is 79.6 Å². The van der Waals surface area contributed by atoms with Gasteiger partial charge in [0.25, 0.3) is 0 Å². The second-order valence-electron chi connectivity index (χ2n) is 3.84. The summed E-state index contributed by atoms with van der Waals surface area (Å²) in [5.74, 6) is -0.0765. The highest BCUT2D eigenvalue weighted by atomic mass is 32.2. The van der Waals surface area contributed by atoms with Gasteiger partial charge in [-0.05, 0) is 19.8 Å². The van der Waals surface area contributed by atoms with Crippen molar-refractivity contribution in [3.8, 4) is 0 Å². The highest BCUT2D eigenvalue weighted by molar-refractivity contribution is 7.89. The number of nitrogens with zero attached hydrogens (tertiary/aromatic N) is 1. The lowest BCUT2D eigenvalue weighted by Gasteiger charge is -2.37. The van der Waals surface area contributed by atoms with Crippen LogP contribution in [-0.2, 0) is 10.0 Å². The molecule has 1 fully saturated rings. The van der Waals surface area contributed by atoms with Crippen molar-refractivity contribution in [3.05, 3.63) is 0 Å². The Morgan fingerprint density at radius 1 is 1.38 bits per heavy atom. The molecule has 1 N–H and O–H groups in total. The van der Waals surface area contributed by atoms with Gasteiger partial charge in [-0.15, -0.1) is 0 Å². The van der Waals surface area contributed by atoms with Crippen molar-refractivity contribution in [1.29, 1.82) is 0 Å². The van der Waals surface area contributed by atoms with Gasteiger partial charge in [-0.3, -0.25) is 0 Å². The van der Waals surface area contributed by atoms with E-state index in [2.05, 4.69) is 0 Å². The van der Waals surface area contributed by atoms with Gasteiger partial charge in [-0.25, -0.2) is 12.7 Å². The van der Waals surface area contributed by atoms with Crippen LogP contribution in [0.25, 0.3) is 0 Å². The van der Waals surface area contributed by atoms with Crippen molar-refractivity contribution >= 4 is 10.0 Å². The normalized spacial score (nSPS) is 31.5. The third-order valence-corrected chi connectivity index (χ3v) is 5.18. The van der Waals surface area contributed by atoms with Crippen LogP contribution in [0.4, 0.5) is 0 Å². The summed E-state index contributed by atoms with van der Waals surface area (Å²) in [6.07, 6.45) is 1.12. The van der Waals surface area contributed by atoms with Gasteiger partial charge in [0.05, 0.1) is 11.4 Å². The van der Waals surface area contributed by atoms with Crippen LogP contribution in [-0.4, -0.2) is 43.3 Å². The Balaban J connectivity index is 2.72. The van der Waals surface area contributed by atoms with Crippen molar-refractivity contribution in [2.75, 3.05) is 14.1 Å². The van der Waals surface area contributed by atoms with E-state index in [0.717, 1.165) is 12.8 Å². The van der Waals surface area contributed by atoms with Crippen LogP contribution in [0.3, 0.4) is 0 Å². The molecular formula is C8H17NO3S. The lowest BCUT2D eigenvalue weighted by molar-refractivity contribution is 0.0234. The van der Waals surface area contributed by atoms with Gasteiger partial charge in [-0.2, -0.15) is 0 Å². The van der Waals surface area contributed by atoms with Gasteiger partial charge >= 0.3 is 0 Å². The molecular weight excluding hydrogens is 190 g/mol. The van der Waals surface area contributed by atoms with Gasteiger partial charge in [0.1, 0.15) is 0 Å². The molecule has 0 aromatic rings. The Kier molecular flexibility index (Phi) is 2.99. The fourth-order valence-corrected chi connectivity index (χ4v) is 3.03. The lowest BCUT2D eigenvalue weighted by atomic mass is 9.80. The van der Waals surface area contributed by atoms with E-state index in [1.807, 2.05) is 0 Å². The maximum absolute atomic E-state index is 11.6. The van der Waals surface area contributed by atoms with Crippen LogP contribution in [0.1, 0.15) is 19.8 Å². The molecule has 1 rings (SSSR count). The smallest absolute Gasteiger partial charge is 0.216 e.